The van der Waals surface area contributed by atoms with E-state index in [1.807, 2.05) is 0 Å². The summed E-state index contributed by atoms with van der Waals surface area (Å²) in [6.07, 6.45) is -1.48. The highest BCUT2D eigenvalue weighted by atomic mass is 35.5. The van der Waals surface area contributed by atoms with Gasteiger partial charge in [-0.15, -0.1) is 0 Å². The second-order valence-electron chi connectivity index (χ2n) is 9.70. The summed E-state index contributed by atoms with van der Waals surface area (Å²) in [5.74, 6) is -8.59. The first-order chi connectivity index (χ1) is 19.9. The number of aliphatic carboxylic acids is 1. The predicted octanol–water partition coefficient (Wildman–Crippen LogP) is 4.51. The third-order valence-corrected chi connectivity index (χ3v) is 7.81. The minimum Gasteiger partial charge on any atom is -0.481 e. The number of carbonyl (C=O) groups excluding carboxylic acids is 5. The van der Waals surface area contributed by atoms with Gasteiger partial charge in [-0.3, -0.25) is 29.3 Å². The lowest BCUT2D eigenvalue weighted by Gasteiger charge is -2.25. The number of imide groups is 1. The molecule has 214 valence electrons. The maximum Gasteiger partial charge on any atom is 0.325 e. The Kier molecular flexibility index (Phi) is 7.58. The van der Waals surface area contributed by atoms with Gasteiger partial charge in [0, 0.05) is 29.4 Å². The molecule has 0 saturated carbocycles. The van der Waals surface area contributed by atoms with Gasteiger partial charge in [0.15, 0.2) is 0 Å². The number of benzene rings is 3. The Morgan fingerprint density at radius 1 is 0.833 bits per heavy atom. The second-order valence-corrected chi connectivity index (χ2v) is 10.5. The summed E-state index contributed by atoms with van der Waals surface area (Å²) in [6.45, 7) is 1.34. The largest absolute Gasteiger partial charge is 0.481 e. The van der Waals surface area contributed by atoms with Gasteiger partial charge >= 0.3 is 12.0 Å². The Hall–Kier alpha value is -4.58. The third-order valence-electron chi connectivity index (χ3n) is 7.07. The molecular formula is C29H21Cl2N3O8. The molecule has 1 aliphatic heterocycles. The Labute approximate surface area is 248 Å². The fourth-order valence-corrected chi connectivity index (χ4v) is 5.63. The normalized spacial score (nSPS) is 20.2. The maximum absolute atomic E-state index is 13.7. The molecule has 3 aromatic rings. The number of anilines is 2. The van der Waals surface area contributed by atoms with Crippen LogP contribution in [0.15, 0.2) is 66.7 Å². The molecule has 0 unspecified atom stereocenters. The fourth-order valence-electron chi connectivity index (χ4n) is 5.33. The number of carbonyl (C=O) groups is 6. The number of carboxylic acids is 1. The average molecular weight is 610 g/mol. The van der Waals surface area contributed by atoms with Crippen LogP contribution in [0.2, 0.25) is 10.0 Å². The molecule has 0 radical (unpaired) electrons. The molecule has 42 heavy (non-hydrogen) atoms. The van der Waals surface area contributed by atoms with E-state index in [0.717, 1.165) is 0 Å². The number of ether oxygens (including phenoxy) is 1. The van der Waals surface area contributed by atoms with Gasteiger partial charge in [-0.05, 0) is 42.0 Å². The van der Waals surface area contributed by atoms with Crippen LogP contribution in [0.4, 0.5) is 16.2 Å². The number of fused-ring (bicyclic) bond motifs is 1. The smallest absolute Gasteiger partial charge is 0.325 e. The Balaban J connectivity index is 1.50. The standard InChI is InChI=1S/C29H21Cl2N3O8/c1-13(35)32-15-7-9-16(10-8-15)33-28(41)34-26(38)21-22(27(39)40)29(24(36)17-4-2-3-5-18(17)25(29)37)42-23(21)14-6-11-19(30)20(31)12-14/h2-12,21-23H,1H3,(H,32,35)(H,39,40)(H2,33,34,38,41)/t21-,22-,23-/m0/s1. The first-order valence-electron chi connectivity index (χ1n) is 12.5. The van der Waals surface area contributed by atoms with E-state index in [2.05, 4.69) is 16.0 Å². The summed E-state index contributed by atoms with van der Waals surface area (Å²) in [6, 6.07) is 14.9. The molecule has 1 spiro atoms. The average Bonchev–Trinajstić information content (AvgIpc) is 3.41. The van der Waals surface area contributed by atoms with Crippen LogP contribution in [0, 0.1) is 11.8 Å². The van der Waals surface area contributed by atoms with Crippen LogP contribution < -0.4 is 16.0 Å². The number of rotatable bonds is 5. The number of hydrogen-bond donors (Lipinski definition) is 4. The highest BCUT2D eigenvalue weighted by molar-refractivity contribution is 6.42. The molecule has 1 saturated heterocycles. The van der Waals surface area contributed by atoms with E-state index < -0.39 is 53.0 Å². The highest BCUT2D eigenvalue weighted by Crippen LogP contribution is 2.54. The zero-order valence-electron chi connectivity index (χ0n) is 21.6. The minimum absolute atomic E-state index is 0.0388. The second kappa shape index (κ2) is 11.0. The van der Waals surface area contributed by atoms with Gasteiger partial charge in [0.05, 0.1) is 22.1 Å². The van der Waals surface area contributed by atoms with E-state index in [-0.39, 0.29) is 38.3 Å². The van der Waals surface area contributed by atoms with E-state index in [0.29, 0.717) is 5.69 Å². The quantitative estimate of drug-likeness (QED) is 0.306. The van der Waals surface area contributed by atoms with Gasteiger partial charge in [-0.25, -0.2) is 4.79 Å². The summed E-state index contributed by atoms with van der Waals surface area (Å²) in [4.78, 5) is 77.8. The number of hydrogen-bond acceptors (Lipinski definition) is 7. The molecule has 0 aromatic heterocycles. The zero-order chi connectivity index (χ0) is 30.3. The number of urea groups is 1. The number of ketones is 2. The fraction of sp³-hybridized carbons (Fsp3) is 0.172. The van der Waals surface area contributed by atoms with Crippen molar-refractivity contribution in [2.24, 2.45) is 11.8 Å². The van der Waals surface area contributed by atoms with Crippen LogP contribution in [-0.2, 0) is 19.1 Å². The van der Waals surface area contributed by atoms with Crippen molar-refractivity contribution in [3.05, 3.63) is 93.5 Å². The maximum atomic E-state index is 13.7. The molecule has 3 aromatic carbocycles. The summed E-state index contributed by atoms with van der Waals surface area (Å²) in [5, 5.41) is 17.7. The number of halogens is 2. The van der Waals surface area contributed by atoms with Gasteiger partial charge < -0.3 is 20.5 Å². The first kappa shape index (κ1) is 28.9. The number of carboxylic acid groups (broad SMARTS) is 1. The van der Waals surface area contributed by atoms with Crippen LogP contribution in [0.25, 0.3) is 0 Å². The number of nitrogens with one attached hydrogen (secondary N) is 3. The molecule has 4 N–H and O–H groups in total. The molecule has 11 nitrogen and oxygen atoms in total. The van der Waals surface area contributed by atoms with Gasteiger partial charge in [0.1, 0.15) is 5.92 Å². The lowest BCUT2D eigenvalue weighted by Crippen LogP contribution is -2.53. The van der Waals surface area contributed by atoms with Gasteiger partial charge in [0.25, 0.3) is 0 Å². The van der Waals surface area contributed by atoms with E-state index >= 15 is 0 Å². The Morgan fingerprint density at radius 3 is 1.93 bits per heavy atom. The molecule has 2 aliphatic rings. The lowest BCUT2D eigenvalue weighted by atomic mass is 9.75. The number of amides is 4. The molecule has 1 heterocycles. The number of Topliss-reactive ketones (excluding diaryl/α,β-unsaturated/α-hetero) is 2. The van der Waals surface area contributed by atoms with Gasteiger partial charge in [0.2, 0.25) is 29.0 Å². The van der Waals surface area contributed by atoms with E-state index in [1.165, 1.54) is 73.7 Å². The van der Waals surface area contributed by atoms with Crippen LogP contribution in [0.5, 0.6) is 0 Å². The van der Waals surface area contributed by atoms with Crippen LogP contribution in [0.3, 0.4) is 0 Å². The summed E-state index contributed by atoms with van der Waals surface area (Å²) in [7, 11) is 0. The molecule has 13 heteroatoms. The van der Waals surface area contributed by atoms with Crippen molar-refractivity contribution >= 4 is 70.0 Å². The van der Waals surface area contributed by atoms with Crippen molar-refractivity contribution in [1.29, 1.82) is 0 Å². The van der Waals surface area contributed by atoms with Gasteiger partial charge in [-0.1, -0.05) is 53.5 Å². The molecule has 1 fully saturated rings. The van der Waals surface area contributed by atoms with Crippen LogP contribution in [0.1, 0.15) is 39.3 Å². The minimum atomic E-state index is -2.57. The summed E-state index contributed by atoms with van der Waals surface area (Å²) in [5.41, 5.74) is -1.76. The Morgan fingerprint density at radius 2 is 1.40 bits per heavy atom. The first-order valence-corrected chi connectivity index (χ1v) is 13.2. The van der Waals surface area contributed by atoms with E-state index in [1.54, 1.807) is 0 Å². The Bertz CT molecular complexity index is 1640. The molecule has 0 bridgehead atoms. The molecular weight excluding hydrogens is 589 g/mol. The predicted molar refractivity (Wildman–Crippen MR) is 151 cm³/mol. The topological polar surface area (TPSA) is 168 Å². The van der Waals surface area contributed by atoms with E-state index in [4.69, 9.17) is 27.9 Å². The molecule has 5 rings (SSSR count). The van der Waals surface area contributed by atoms with Gasteiger partial charge in [-0.2, -0.15) is 0 Å². The third kappa shape index (κ3) is 4.91. The van der Waals surface area contributed by atoms with Crippen LogP contribution in [-0.4, -0.2) is 46.1 Å². The molecule has 3 atom stereocenters. The van der Waals surface area contributed by atoms with Crippen LogP contribution >= 0.6 is 23.2 Å². The van der Waals surface area contributed by atoms with Crippen molar-refractivity contribution in [2.45, 2.75) is 18.6 Å². The van der Waals surface area contributed by atoms with Crippen molar-refractivity contribution < 1.29 is 38.6 Å². The van der Waals surface area contributed by atoms with Crippen molar-refractivity contribution in [3.8, 4) is 0 Å². The van der Waals surface area contributed by atoms with Crippen molar-refractivity contribution in [3.63, 3.8) is 0 Å². The monoisotopic (exact) mass is 609 g/mol. The highest BCUT2D eigenvalue weighted by Gasteiger charge is 2.71. The SMILES string of the molecule is CC(=O)Nc1ccc(NC(=O)NC(=O)[C@H]2[C@@H](C(=O)O)C3(O[C@H]2c2ccc(Cl)c(Cl)c2)C(=O)c2ccccc2C3=O)cc1. The van der Waals surface area contributed by atoms with Crippen molar-refractivity contribution in [1.82, 2.24) is 5.32 Å². The zero-order valence-corrected chi connectivity index (χ0v) is 23.2. The summed E-state index contributed by atoms with van der Waals surface area (Å²) < 4.78 is 6.04. The van der Waals surface area contributed by atoms with Crippen molar-refractivity contribution in [2.75, 3.05) is 10.6 Å². The summed E-state index contributed by atoms with van der Waals surface area (Å²) >= 11 is 12.2. The molecule has 1 aliphatic carbocycles. The lowest BCUT2D eigenvalue weighted by molar-refractivity contribution is -0.148. The molecule has 4 amide bonds. The van der Waals surface area contributed by atoms with E-state index in [9.17, 15) is 33.9 Å².